The van der Waals surface area contributed by atoms with Gasteiger partial charge in [-0.25, -0.2) is 9.78 Å². The molecule has 0 amide bonds. The summed E-state index contributed by atoms with van der Waals surface area (Å²) in [7, 11) is 0. The van der Waals surface area contributed by atoms with Gasteiger partial charge in [-0.15, -0.1) is 9.90 Å². The number of oxime groups is 1. The molecule has 2 aromatic heterocycles. The standard InChI is InChI=1S/C20H18F3N5O3/c21-20(22,23)16-10-14(13-5-3-4-12-6-7-24-30-17(12)13)15(11-28-19(29)26-31-28)18(25-16)27-8-1-2-9-27/h3-5,7,10H,1-2,6,8-9,11H2,(H,26,29). The molecule has 0 aliphatic carbocycles. The lowest BCUT2D eigenvalue weighted by molar-refractivity contribution is -0.141. The molecule has 8 nitrogen and oxygen atoms in total. The number of hydrogen-bond donors (Lipinski definition) is 1. The Balaban J connectivity index is 1.77. The van der Waals surface area contributed by atoms with E-state index in [-0.39, 0.29) is 17.9 Å². The average molecular weight is 433 g/mol. The van der Waals surface area contributed by atoms with Crippen LogP contribution in [-0.4, -0.2) is 34.2 Å². The van der Waals surface area contributed by atoms with Crippen molar-refractivity contribution < 1.29 is 22.6 Å². The molecule has 0 bridgehead atoms. The van der Waals surface area contributed by atoms with Crippen LogP contribution >= 0.6 is 0 Å². The Morgan fingerprint density at radius 3 is 2.65 bits per heavy atom. The minimum Gasteiger partial charge on any atom is -0.356 e. The number of anilines is 1. The van der Waals surface area contributed by atoms with Gasteiger partial charge in [0.15, 0.2) is 5.75 Å². The van der Waals surface area contributed by atoms with E-state index in [0.29, 0.717) is 36.4 Å². The van der Waals surface area contributed by atoms with Crippen LogP contribution in [0, 0.1) is 0 Å². The number of nitrogens with zero attached hydrogens (tertiary/aromatic N) is 4. The van der Waals surface area contributed by atoms with E-state index in [1.807, 2.05) is 11.0 Å². The van der Waals surface area contributed by atoms with Crippen LogP contribution in [0.15, 0.2) is 38.8 Å². The van der Waals surface area contributed by atoms with Gasteiger partial charge >= 0.3 is 11.9 Å². The third-order valence-electron chi connectivity index (χ3n) is 5.49. The molecule has 31 heavy (non-hydrogen) atoms. The van der Waals surface area contributed by atoms with Crippen molar-refractivity contribution in [3.8, 4) is 16.9 Å². The molecular formula is C20H18F3N5O3. The fourth-order valence-electron chi connectivity index (χ4n) is 3.98. The number of fused-ring (bicyclic) bond motifs is 1. The Labute approximate surface area is 173 Å². The molecule has 162 valence electrons. The minimum absolute atomic E-state index is 0.0644. The SMILES string of the molecule is O=c1[nH]on1Cc1c(-c2cccc3c2ON=CC3)cc(C(F)(F)F)nc1N1CCCC1. The number of benzene rings is 1. The van der Waals surface area contributed by atoms with Crippen LogP contribution in [0.5, 0.6) is 5.75 Å². The van der Waals surface area contributed by atoms with Gasteiger partial charge in [0.05, 0.1) is 6.54 Å². The molecule has 5 rings (SSSR count). The summed E-state index contributed by atoms with van der Waals surface area (Å²) in [5.41, 5.74) is 0.522. The zero-order valence-corrected chi connectivity index (χ0v) is 16.3. The normalized spacial score (nSPS) is 15.9. The van der Waals surface area contributed by atoms with E-state index in [1.165, 1.54) is 0 Å². The number of pyridine rings is 1. The summed E-state index contributed by atoms with van der Waals surface area (Å²) < 4.78 is 47.4. The summed E-state index contributed by atoms with van der Waals surface area (Å²) in [6, 6.07) is 6.28. The average Bonchev–Trinajstić information content (AvgIpc) is 3.29. The van der Waals surface area contributed by atoms with Crippen molar-refractivity contribution in [3.63, 3.8) is 0 Å². The molecule has 2 aliphatic rings. The predicted octanol–water partition coefficient (Wildman–Crippen LogP) is 3.42. The van der Waals surface area contributed by atoms with E-state index in [9.17, 15) is 18.0 Å². The van der Waals surface area contributed by atoms with Crippen molar-refractivity contribution in [1.82, 2.24) is 14.9 Å². The summed E-state index contributed by atoms with van der Waals surface area (Å²) in [5, 5.41) is 5.97. The highest BCUT2D eigenvalue weighted by Gasteiger charge is 2.36. The fraction of sp³-hybridized carbons (Fsp3) is 0.350. The second-order valence-electron chi connectivity index (χ2n) is 7.46. The van der Waals surface area contributed by atoms with Crippen molar-refractivity contribution in [3.05, 3.63) is 51.6 Å². The Bertz CT molecular complexity index is 1200. The van der Waals surface area contributed by atoms with E-state index in [1.54, 1.807) is 18.3 Å². The van der Waals surface area contributed by atoms with Gasteiger partial charge in [0.1, 0.15) is 11.5 Å². The van der Waals surface area contributed by atoms with Crippen LogP contribution in [0.3, 0.4) is 0 Å². The predicted molar refractivity (Wildman–Crippen MR) is 105 cm³/mol. The second-order valence-corrected chi connectivity index (χ2v) is 7.46. The molecule has 0 saturated carbocycles. The third kappa shape index (κ3) is 3.49. The number of H-pyrrole nitrogens is 1. The topological polar surface area (TPSA) is 88.6 Å². The molecule has 0 unspecified atom stereocenters. The fourth-order valence-corrected chi connectivity index (χ4v) is 3.98. The number of alkyl halides is 3. The molecule has 0 radical (unpaired) electrons. The van der Waals surface area contributed by atoms with E-state index < -0.39 is 17.6 Å². The molecule has 3 aromatic rings. The lowest BCUT2D eigenvalue weighted by Crippen LogP contribution is -2.31. The number of rotatable bonds is 4. The van der Waals surface area contributed by atoms with Crippen LogP contribution in [0.4, 0.5) is 19.0 Å². The van der Waals surface area contributed by atoms with E-state index in [2.05, 4.69) is 15.3 Å². The van der Waals surface area contributed by atoms with E-state index >= 15 is 0 Å². The Hall–Kier alpha value is -3.50. The maximum Gasteiger partial charge on any atom is 0.433 e. The zero-order chi connectivity index (χ0) is 21.6. The quantitative estimate of drug-likeness (QED) is 0.681. The first-order chi connectivity index (χ1) is 14.9. The van der Waals surface area contributed by atoms with Crippen LogP contribution in [-0.2, 0) is 19.1 Å². The number of aromatic amines is 1. The number of hydrogen-bond acceptors (Lipinski definition) is 6. The highest BCUT2D eigenvalue weighted by atomic mass is 19.4. The Morgan fingerprint density at radius 1 is 1.16 bits per heavy atom. The monoisotopic (exact) mass is 433 g/mol. The second kappa shape index (κ2) is 7.33. The van der Waals surface area contributed by atoms with Crippen LogP contribution < -0.4 is 15.4 Å². The maximum atomic E-state index is 13.8. The first kappa shape index (κ1) is 19.5. The minimum atomic E-state index is -4.64. The van der Waals surface area contributed by atoms with Crippen LogP contribution in [0.1, 0.15) is 29.7 Å². The maximum absolute atomic E-state index is 13.8. The largest absolute Gasteiger partial charge is 0.433 e. The van der Waals surface area contributed by atoms with Crippen molar-refractivity contribution in [1.29, 1.82) is 0 Å². The van der Waals surface area contributed by atoms with Gasteiger partial charge < -0.3 is 9.74 Å². The molecule has 11 heteroatoms. The van der Waals surface area contributed by atoms with E-state index in [4.69, 9.17) is 9.47 Å². The highest BCUT2D eigenvalue weighted by Crippen LogP contribution is 2.42. The zero-order valence-electron chi connectivity index (χ0n) is 16.3. The Kier molecular flexibility index (Phi) is 4.60. The molecule has 1 saturated heterocycles. The Morgan fingerprint density at radius 2 is 1.97 bits per heavy atom. The summed E-state index contributed by atoms with van der Waals surface area (Å²) >= 11 is 0. The molecule has 0 spiro atoms. The highest BCUT2D eigenvalue weighted by molar-refractivity contribution is 5.81. The van der Waals surface area contributed by atoms with Gasteiger partial charge in [0.25, 0.3) is 0 Å². The molecule has 1 N–H and O–H groups in total. The lowest BCUT2D eigenvalue weighted by atomic mass is 9.95. The number of para-hydroxylation sites is 1. The van der Waals surface area contributed by atoms with Crippen molar-refractivity contribution >= 4 is 12.0 Å². The summed E-state index contributed by atoms with van der Waals surface area (Å²) in [5.74, 6) is 0.592. The van der Waals surface area contributed by atoms with Gasteiger partial charge in [0.2, 0.25) is 0 Å². The first-order valence-corrected chi connectivity index (χ1v) is 9.83. The van der Waals surface area contributed by atoms with Gasteiger partial charge in [-0.1, -0.05) is 23.4 Å². The molecule has 1 fully saturated rings. The van der Waals surface area contributed by atoms with Gasteiger partial charge in [-0.2, -0.15) is 13.2 Å². The molecule has 1 aromatic carbocycles. The van der Waals surface area contributed by atoms with Crippen molar-refractivity contribution in [2.75, 3.05) is 18.0 Å². The van der Waals surface area contributed by atoms with Crippen LogP contribution in [0.2, 0.25) is 0 Å². The molecule has 4 heterocycles. The number of aromatic nitrogens is 3. The van der Waals surface area contributed by atoms with Crippen molar-refractivity contribution in [2.45, 2.75) is 32.0 Å². The summed E-state index contributed by atoms with van der Waals surface area (Å²) in [4.78, 5) is 23.1. The number of halogens is 3. The van der Waals surface area contributed by atoms with Gasteiger partial charge in [-0.05, 0) is 24.5 Å². The van der Waals surface area contributed by atoms with Gasteiger partial charge in [0, 0.05) is 42.4 Å². The van der Waals surface area contributed by atoms with Gasteiger partial charge in [-0.3, -0.25) is 4.63 Å². The smallest absolute Gasteiger partial charge is 0.356 e. The molecule has 0 atom stereocenters. The van der Waals surface area contributed by atoms with E-state index in [0.717, 1.165) is 29.2 Å². The van der Waals surface area contributed by atoms with Crippen LogP contribution in [0.25, 0.3) is 11.1 Å². The number of nitrogens with one attached hydrogen (secondary N) is 1. The summed E-state index contributed by atoms with van der Waals surface area (Å²) in [6.45, 7) is 1.11. The van der Waals surface area contributed by atoms with Crippen molar-refractivity contribution in [2.24, 2.45) is 5.16 Å². The molecule has 2 aliphatic heterocycles. The lowest BCUT2D eigenvalue weighted by Gasteiger charge is -2.25. The first-order valence-electron chi connectivity index (χ1n) is 9.83. The third-order valence-corrected chi connectivity index (χ3v) is 5.49. The molecular weight excluding hydrogens is 415 g/mol. The summed E-state index contributed by atoms with van der Waals surface area (Å²) in [6.07, 6.45) is -0.834.